The van der Waals surface area contributed by atoms with Crippen molar-refractivity contribution in [3.63, 3.8) is 0 Å². The van der Waals surface area contributed by atoms with Crippen molar-refractivity contribution >= 4 is 5.91 Å². The maximum atomic E-state index is 11.3. The minimum Gasteiger partial charge on any atom is -0.370 e. The maximum absolute atomic E-state index is 11.3. The monoisotopic (exact) mass is 269 g/mol. The normalized spacial score (nSPS) is 12.3. The van der Waals surface area contributed by atoms with E-state index in [1.165, 1.54) is 0 Å². The number of rotatable bonds is 6. The first kappa shape index (κ1) is 14.2. The Morgan fingerprint density at radius 3 is 2.45 bits per heavy atom. The molecular weight excluding hydrogens is 250 g/mol. The highest BCUT2D eigenvalue weighted by Crippen LogP contribution is 2.24. The summed E-state index contributed by atoms with van der Waals surface area (Å²) in [6.45, 7) is 0.745. The van der Waals surface area contributed by atoms with Gasteiger partial charge < -0.3 is 5.73 Å². The second-order valence-electron chi connectivity index (χ2n) is 4.87. The van der Waals surface area contributed by atoms with E-state index in [2.05, 4.69) is 9.88 Å². The fraction of sp³-hybridized carbons (Fsp3) is 0.250. The summed E-state index contributed by atoms with van der Waals surface area (Å²) >= 11 is 0. The van der Waals surface area contributed by atoms with Crippen LogP contribution in [0.2, 0.25) is 0 Å². The van der Waals surface area contributed by atoms with Gasteiger partial charge in [-0.2, -0.15) is 0 Å². The zero-order valence-corrected chi connectivity index (χ0v) is 11.6. The van der Waals surface area contributed by atoms with Crippen LogP contribution in [0.1, 0.15) is 23.6 Å². The van der Waals surface area contributed by atoms with E-state index in [9.17, 15) is 4.79 Å². The summed E-state index contributed by atoms with van der Waals surface area (Å²) in [4.78, 5) is 17.5. The third kappa shape index (κ3) is 3.90. The quantitative estimate of drug-likeness (QED) is 0.874. The van der Waals surface area contributed by atoms with Crippen LogP contribution in [0.5, 0.6) is 0 Å². The van der Waals surface area contributed by atoms with E-state index in [1.807, 2.05) is 49.5 Å². The summed E-state index contributed by atoms with van der Waals surface area (Å²) in [5.41, 5.74) is 7.65. The summed E-state index contributed by atoms with van der Waals surface area (Å²) in [6.07, 6.45) is 3.86. The maximum Gasteiger partial charge on any atom is 0.219 e. The number of aromatic nitrogens is 1. The molecule has 1 heterocycles. The average molecular weight is 269 g/mol. The number of hydrogen-bond donors (Lipinski definition) is 1. The molecule has 0 aliphatic rings. The van der Waals surface area contributed by atoms with Gasteiger partial charge in [-0.25, -0.2) is 0 Å². The van der Waals surface area contributed by atoms with Crippen molar-refractivity contribution in [2.75, 3.05) is 7.05 Å². The molecule has 1 aromatic heterocycles. The standard InChI is InChI=1S/C16H19N3O/c1-19(12-13-7-9-18-10-8-13)15(11-16(17)20)14-5-3-2-4-6-14/h2-10,15H,11-12H2,1H3,(H2,17,20)/t15-/m0/s1. The molecule has 20 heavy (non-hydrogen) atoms. The fourth-order valence-corrected chi connectivity index (χ4v) is 2.28. The average Bonchev–Trinajstić information content (AvgIpc) is 2.46. The predicted octanol–water partition coefficient (Wildman–Crippen LogP) is 2.13. The number of hydrogen-bond acceptors (Lipinski definition) is 3. The summed E-state index contributed by atoms with van der Waals surface area (Å²) < 4.78 is 0. The second-order valence-corrected chi connectivity index (χ2v) is 4.87. The van der Waals surface area contributed by atoms with Crippen LogP contribution in [0, 0.1) is 0 Å². The van der Waals surface area contributed by atoms with E-state index < -0.39 is 0 Å². The number of carbonyl (C=O) groups excluding carboxylic acids is 1. The van der Waals surface area contributed by atoms with Crippen molar-refractivity contribution in [1.82, 2.24) is 9.88 Å². The Kier molecular flexibility index (Phi) is 4.85. The van der Waals surface area contributed by atoms with Gasteiger partial charge in [-0.1, -0.05) is 30.3 Å². The minimum absolute atomic E-state index is 0.0122. The number of primary amides is 1. The second kappa shape index (κ2) is 6.82. The third-order valence-corrected chi connectivity index (χ3v) is 3.29. The Bertz CT molecular complexity index is 542. The Morgan fingerprint density at radius 2 is 1.85 bits per heavy atom. The van der Waals surface area contributed by atoms with Crippen LogP contribution >= 0.6 is 0 Å². The highest BCUT2D eigenvalue weighted by molar-refractivity contribution is 5.74. The van der Waals surface area contributed by atoms with Crippen LogP contribution in [0.3, 0.4) is 0 Å². The Morgan fingerprint density at radius 1 is 1.20 bits per heavy atom. The van der Waals surface area contributed by atoms with E-state index in [0.29, 0.717) is 6.42 Å². The highest BCUT2D eigenvalue weighted by atomic mass is 16.1. The first-order chi connectivity index (χ1) is 9.66. The van der Waals surface area contributed by atoms with Crippen LogP contribution in [0.15, 0.2) is 54.9 Å². The molecule has 2 aromatic rings. The van der Waals surface area contributed by atoms with Crippen LogP contribution in [-0.2, 0) is 11.3 Å². The molecule has 4 heteroatoms. The molecule has 0 saturated carbocycles. The molecule has 2 rings (SSSR count). The summed E-state index contributed by atoms with van der Waals surface area (Å²) in [5, 5.41) is 0. The van der Waals surface area contributed by atoms with Gasteiger partial charge in [-0.05, 0) is 30.3 Å². The van der Waals surface area contributed by atoms with Crippen molar-refractivity contribution in [2.24, 2.45) is 5.73 Å². The molecule has 0 radical (unpaired) electrons. The molecule has 0 bridgehead atoms. The molecule has 0 spiro atoms. The van der Waals surface area contributed by atoms with Crippen molar-refractivity contribution < 1.29 is 4.79 Å². The van der Waals surface area contributed by atoms with Crippen LogP contribution in [0.25, 0.3) is 0 Å². The number of nitrogens with two attached hydrogens (primary N) is 1. The van der Waals surface area contributed by atoms with E-state index in [0.717, 1.165) is 17.7 Å². The van der Waals surface area contributed by atoms with Gasteiger partial charge in [0.1, 0.15) is 0 Å². The minimum atomic E-state index is -0.291. The SMILES string of the molecule is CN(Cc1ccncc1)[C@@H](CC(N)=O)c1ccccc1. The Balaban J connectivity index is 2.16. The van der Waals surface area contributed by atoms with E-state index in [4.69, 9.17) is 5.73 Å². The van der Waals surface area contributed by atoms with Crippen molar-refractivity contribution in [2.45, 2.75) is 19.0 Å². The van der Waals surface area contributed by atoms with Gasteiger partial charge in [0.15, 0.2) is 0 Å². The van der Waals surface area contributed by atoms with Crippen LogP contribution < -0.4 is 5.73 Å². The van der Waals surface area contributed by atoms with Crippen molar-refractivity contribution in [3.05, 3.63) is 66.0 Å². The number of pyridine rings is 1. The van der Waals surface area contributed by atoms with Crippen molar-refractivity contribution in [1.29, 1.82) is 0 Å². The molecule has 1 amide bonds. The van der Waals surface area contributed by atoms with Crippen LogP contribution in [-0.4, -0.2) is 22.8 Å². The lowest BCUT2D eigenvalue weighted by Gasteiger charge is -2.27. The molecule has 0 aliphatic heterocycles. The topological polar surface area (TPSA) is 59.2 Å². The molecule has 1 atom stereocenters. The molecule has 104 valence electrons. The molecule has 4 nitrogen and oxygen atoms in total. The Labute approximate surface area is 119 Å². The Hall–Kier alpha value is -2.20. The zero-order valence-electron chi connectivity index (χ0n) is 11.6. The fourth-order valence-electron chi connectivity index (χ4n) is 2.28. The van der Waals surface area contributed by atoms with E-state index >= 15 is 0 Å². The molecule has 0 saturated heterocycles. The largest absolute Gasteiger partial charge is 0.370 e. The van der Waals surface area contributed by atoms with Gasteiger partial charge in [0.25, 0.3) is 0 Å². The van der Waals surface area contributed by atoms with Gasteiger partial charge in [0.05, 0.1) is 0 Å². The number of nitrogens with zero attached hydrogens (tertiary/aromatic N) is 2. The van der Waals surface area contributed by atoms with Crippen molar-refractivity contribution in [3.8, 4) is 0 Å². The lowest BCUT2D eigenvalue weighted by atomic mass is 10.0. The molecule has 0 fully saturated rings. The number of benzene rings is 1. The van der Waals surface area contributed by atoms with E-state index in [1.54, 1.807) is 12.4 Å². The van der Waals surface area contributed by atoms with Gasteiger partial charge >= 0.3 is 0 Å². The third-order valence-electron chi connectivity index (χ3n) is 3.29. The molecule has 0 aliphatic carbocycles. The molecule has 2 N–H and O–H groups in total. The summed E-state index contributed by atoms with van der Waals surface area (Å²) in [5.74, 6) is -0.291. The van der Waals surface area contributed by atoms with Gasteiger partial charge in [0, 0.05) is 31.4 Å². The molecule has 0 unspecified atom stereocenters. The number of carbonyl (C=O) groups is 1. The number of amides is 1. The first-order valence-corrected chi connectivity index (χ1v) is 6.59. The first-order valence-electron chi connectivity index (χ1n) is 6.59. The van der Waals surface area contributed by atoms with Gasteiger partial charge in [-0.3, -0.25) is 14.7 Å². The zero-order chi connectivity index (χ0) is 14.4. The van der Waals surface area contributed by atoms with Gasteiger partial charge in [0.2, 0.25) is 5.91 Å². The summed E-state index contributed by atoms with van der Waals surface area (Å²) in [7, 11) is 2.00. The summed E-state index contributed by atoms with van der Waals surface area (Å²) in [6, 6.07) is 13.9. The smallest absolute Gasteiger partial charge is 0.219 e. The lowest BCUT2D eigenvalue weighted by Crippen LogP contribution is -2.28. The van der Waals surface area contributed by atoms with Crippen LogP contribution in [0.4, 0.5) is 0 Å². The highest BCUT2D eigenvalue weighted by Gasteiger charge is 2.19. The molecule has 1 aromatic carbocycles. The lowest BCUT2D eigenvalue weighted by molar-refractivity contribution is -0.119. The van der Waals surface area contributed by atoms with Gasteiger partial charge in [-0.15, -0.1) is 0 Å². The molecular formula is C16H19N3O. The van der Waals surface area contributed by atoms with E-state index in [-0.39, 0.29) is 11.9 Å². The predicted molar refractivity (Wildman–Crippen MR) is 78.7 cm³/mol.